The Morgan fingerprint density at radius 2 is 1.10 bits per heavy atom. The van der Waals surface area contributed by atoms with Crippen LogP contribution < -0.4 is 10.6 Å². The summed E-state index contributed by atoms with van der Waals surface area (Å²) in [5.74, 6) is 0.801. The lowest BCUT2D eigenvalue weighted by Gasteiger charge is -2.32. The average Bonchev–Trinajstić information content (AvgIpc) is 3.72. The highest BCUT2D eigenvalue weighted by atomic mass is 15.3. The highest BCUT2D eigenvalue weighted by molar-refractivity contribution is 6.19. The summed E-state index contributed by atoms with van der Waals surface area (Å²) in [4.78, 5) is 5.21. The number of nitriles is 1. The standard InChI is InChI=1S/C46H32N6/c47-29-30-13-11-16-32(25-30)45-48-44(31-14-3-1-4-15-31)49-46(50-45)33-17-12-20-35(26-33)52-41-24-10-8-22-37(41)39-27-38-36-21-7-9-23-40(36)51(42(38)28-43(39)52)34-18-5-2-6-19-34/h1-28,45-46,50H,(H,48,49). The van der Waals surface area contributed by atoms with Crippen LogP contribution in [-0.4, -0.2) is 15.0 Å². The second-order valence-corrected chi connectivity index (χ2v) is 13.2. The molecule has 2 atom stereocenters. The van der Waals surface area contributed by atoms with E-state index in [0.29, 0.717) is 5.56 Å². The fourth-order valence-corrected chi connectivity index (χ4v) is 7.83. The Kier molecular flexibility index (Phi) is 6.98. The van der Waals surface area contributed by atoms with Crippen molar-refractivity contribution < 1.29 is 0 Å². The molecule has 0 aliphatic carbocycles. The van der Waals surface area contributed by atoms with Crippen molar-refractivity contribution in [3.8, 4) is 17.4 Å². The van der Waals surface area contributed by atoms with Crippen LogP contribution in [0.25, 0.3) is 55.0 Å². The van der Waals surface area contributed by atoms with Crippen molar-refractivity contribution in [2.24, 2.45) is 4.99 Å². The van der Waals surface area contributed by atoms with Crippen LogP contribution in [0.1, 0.15) is 34.6 Å². The van der Waals surface area contributed by atoms with Gasteiger partial charge >= 0.3 is 0 Å². The van der Waals surface area contributed by atoms with Gasteiger partial charge in [-0.25, -0.2) is 4.99 Å². The predicted octanol–water partition coefficient (Wildman–Crippen LogP) is 10.1. The van der Waals surface area contributed by atoms with Crippen LogP contribution in [0.5, 0.6) is 0 Å². The zero-order chi connectivity index (χ0) is 34.6. The molecule has 246 valence electrons. The van der Waals surface area contributed by atoms with Gasteiger partial charge < -0.3 is 14.5 Å². The zero-order valence-corrected chi connectivity index (χ0v) is 28.1. The topological polar surface area (TPSA) is 70.1 Å². The zero-order valence-electron chi connectivity index (χ0n) is 28.1. The number of benzene rings is 7. The molecule has 2 N–H and O–H groups in total. The van der Waals surface area contributed by atoms with Crippen LogP contribution >= 0.6 is 0 Å². The second kappa shape index (κ2) is 12.1. The number of amidine groups is 1. The molecule has 0 fully saturated rings. The number of nitrogens with zero attached hydrogens (tertiary/aromatic N) is 4. The molecule has 0 bridgehead atoms. The Morgan fingerprint density at radius 1 is 0.500 bits per heavy atom. The van der Waals surface area contributed by atoms with Gasteiger partial charge in [0.15, 0.2) is 0 Å². The van der Waals surface area contributed by atoms with Crippen LogP contribution in [-0.2, 0) is 0 Å². The maximum absolute atomic E-state index is 9.64. The van der Waals surface area contributed by atoms with Gasteiger partial charge in [0.05, 0.1) is 33.7 Å². The van der Waals surface area contributed by atoms with E-state index in [9.17, 15) is 5.26 Å². The summed E-state index contributed by atoms with van der Waals surface area (Å²) < 4.78 is 4.76. The molecule has 6 heteroatoms. The smallest absolute Gasteiger partial charge is 0.131 e. The quantitative estimate of drug-likeness (QED) is 0.192. The number of para-hydroxylation sites is 3. The fraction of sp³-hybridized carbons (Fsp3) is 0.0435. The van der Waals surface area contributed by atoms with Crippen molar-refractivity contribution in [2.75, 3.05) is 0 Å². The van der Waals surface area contributed by atoms with Crippen molar-refractivity contribution >= 4 is 49.4 Å². The summed E-state index contributed by atoms with van der Waals surface area (Å²) in [6, 6.07) is 61.6. The first-order valence-electron chi connectivity index (χ1n) is 17.5. The molecule has 0 saturated heterocycles. The number of nitrogens with one attached hydrogen (secondary N) is 2. The Balaban J connectivity index is 1.16. The summed E-state index contributed by atoms with van der Waals surface area (Å²) in [6.45, 7) is 0. The summed E-state index contributed by atoms with van der Waals surface area (Å²) >= 11 is 0. The SMILES string of the molecule is N#Cc1cccc(C2NC(c3ccccc3)=NC(c3cccc(-n4c5ccccc5c5cc6c7ccccc7n(-c7ccccc7)c6cc54)c3)N2)c1. The highest BCUT2D eigenvalue weighted by Crippen LogP contribution is 2.40. The van der Waals surface area contributed by atoms with Crippen molar-refractivity contribution in [2.45, 2.75) is 12.3 Å². The van der Waals surface area contributed by atoms with Crippen molar-refractivity contribution in [3.63, 3.8) is 0 Å². The first-order chi connectivity index (χ1) is 25.7. The summed E-state index contributed by atoms with van der Waals surface area (Å²) in [5.41, 5.74) is 10.5. The molecule has 3 heterocycles. The van der Waals surface area contributed by atoms with Crippen molar-refractivity contribution in [1.82, 2.24) is 19.8 Å². The van der Waals surface area contributed by atoms with E-state index in [2.05, 4.69) is 153 Å². The predicted molar refractivity (Wildman–Crippen MR) is 211 cm³/mol. The molecular formula is C46H32N6. The lowest BCUT2D eigenvalue weighted by atomic mass is 10.0. The van der Waals surface area contributed by atoms with Gasteiger partial charge in [-0.15, -0.1) is 0 Å². The molecule has 2 unspecified atom stereocenters. The van der Waals surface area contributed by atoms with E-state index in [1.165, 1.54) is 32.6 Å². The molecule has 0 radical (unpaired) electrons. The lowest BCUT2D eigenvalue weighted by molar-refractivity contribution is 0.409. The van der Waals surface area contributed by atoms with Gasteiger partial charge in [0.2, 0.25) is 0 Å². The number of hydrogen-bond donors (Lipinski definition) is 2. The third-order valence-corrected chi connectivity index (χ3v) is 10.2. The lowest BCUT2D eigenvalue weighted by Crippen LogP contribution is -2.45. The molecule has 1 aliphatic heterocycles. The molecule has 10 rings (SSSR count). The van der Waals surface area contributed by atoms with Crippen molar-refractivity contribution in [1.29, 1.82) is 5.26 Å². The third-order valence-electron chi connectivity index (χ3n) is 10.2. The number of aliphatic imine (C=N–C) groups is 1. The van der Waals surface area contributed by atoms with E-state index in [4.69, 9.17) is 4.99 Å². The second-order valence-electron chi connectivity index (χ2n) is 13.2. The molecule has 9 aromatic rings. The maximum Gasteiger partial charge on any atom is 0.131 e. The third kappa shape index (κ3) is 4.87. The van der Waals surface area contributed by atoms with E-state index >= 15 is 0 Å². The molecule has 1 aliphatic rings. The molecule has 0 amide bonds. The van der Waals surface area contributed by atoms with Gasteiger partial charge in [0, 0.05) is 38.5 Å². The van der Waals surface area contributed by atoms with Gasteiger partial charge in [-0.3, -0.25) is 5.32 Å². The minimum atomic E-state index is -0.340. The summed E-state index contributed by atoms with van der Waals surface area (Å²) in [7, 11) is 0. The van der Waals surface area contributed by atoms with E-state index in [-0.39, 0.29) is 12.3 Å². The van der Waals surface area contributed by atoms with Gasteiger partial charge in [-0.05, 0) is 71.8 Å². The Labute approximate surface area is 300 Å². The maximum atomic E-state index is 9.64. The first-order valence-corrected chi connectivity index (χ1v) is 17.5. The van der Waals surface area contributed by atoms with Crippen LogP contribution in [0.2, 0.25) is 0 Å². The van der Waals surface area contributed by atoms with Crippen LogP contribution in [0.4, 0.5) is 0 Å². The monoisotopic (exact) mass is 668 g/mol. The van der Waals surface area contributed by atoms with Gasteiger partial charge in [-0.1, -0.05) is 109 Å². The number of fused-ring (bicyclic) bond motifs is 6. The Bertz CT molecular complexity index is 2880. The van der Waals surface area contributed by atoms with E-state index in [0.717, 1.165) is 44.9 Å². The number of aromatic nitrogens is 2. The molecule has 0 spiro atoms. The fourth-order valence-electron chi connectivity index (χ4n) is 7.83. The minimum absolute atomic E-state index is 0.254. The normalized spacial score (nSPS) is 15.9. The van der Waals surface area contributed by atoms with E-state index in [1.807, 2.05) is 42.5 Å². The number of hydrogen-bond acceptors (Lipinski definition) is 4. The molecule has 6 nitrogen and oxygen atoms in total. The molecule has 2 aromatic heterocycles. The van der Waals surface area contributed by atoms with E-state index < -0.39 is 0 Å². The largest absolute Gasteiger partial charge is 0.350 e. The minimum Gasteiger partial charge on any atom is -0.350 e. The van der Waals surface area contributed by atoms with Gasteiger partial charge in [0.25, 0.3) is 0 Å². The van der Waals surface area contributed by atoms with Crippen molar-refractivity contribution in [3.05, 3.63) is 192 Å². The first kappa shape index (κ1) is 29.9. The summed E-state index contributed by atoms with van der Waals surface area (Å²) in [6.07, 6.45) is -0.594. The Morgan fingerprint density at radius 3 is 1.81 bits per heavy atom. The molecule has 52 heavy (non-hydrogen) atoms. The van der Waals surface area contributed by atoms with Crippen LogP contribution in [0.15, 0.2) is 175 Å². The van der Waals surface area contributed by atoms with E-state index in [1.54, 1.807) is 0 Å². The summed E-state index contributed by atoms with van der Waals surface area (Å²) in [5, 5.41) is 21.9. The molecule has 0 saturated carbocycles. The van der Waals surface area contributed by atoms with Crippen LogP contribution in [0.3, 0.4) is 0 Å². The molecule has 7 aromatic carbocycles. The Hall–Kier alpha value is -6.94. The van der Waals surface area contributed by atoms with Gasteiger partial charge in [-0.2, -0.15) is 5.26 Å². The number of rotatable bonds is 5. The highest BCUT2D eigenvalue weighted by Gasteiger charge is 2.26. The molecular weight excluding hydrogens is 637 g/mol. The average molecular weight is 669 g/mol. The van der Waals surface area contributed by atoms with Gasteiger partial charge in [0.1, 0.15) is 18.2 Å². The van der Waals surface area contributed by atoms with Crippen LogP contribution in [0, 0.1) is 11.3 Å².